The Morgan fingerprint density at radius 3 is 2.70 bits per heavy atom. The Balaban J connectivity index is 0.00000361. The lowest BCUT2D eigenvalue weighted by Crippen LogP contribution is -2.46. The topological polar surface area (TPSA) is 97.1 Å². The number of carbonyl (C=O) groups excluding carboxylic acids is 2. The van der Waals surface area contributed by atoms with Crippen LogP contribution in [0.1, 0.15) is 20.3 Å². The molecule has 1 heterocycles. The van der Waals surface area contributed by atoms with Crippen molar-refractivity contribution >= 4 is 29.9 Å². The molecule has 0 bridgehead atoms. The van der Waals surface area contributed by atoms with Gasteiger partial charge >= 0.3 is 0 Å². The average molecular weight is 301 g/mol. The molecule has 2 unspecified atom stereocenters. The molecule has 0 fully saturated rings. The number of rotatable bonds is 6. The van der Waals surface area contributed by atoms with Gasteiger partial charge in [-0.1, -0.05) is 20.3 Å². The number of carbonyl (C=O) groups is 2. The summed E-state index contributed by atoms with van der Waals surface area (Å²) in [7, 11) is 0. The third kappa shape index (κ3) is 5.99. The van der Waals surface area contributed by atoms with Gasteiger partial charge in [0, 0.05) is 6.20 Å². The van der Waals surface area contributed by atoms with Crippen molar-refractivity contribution in [1.29, 1.82) is 0 Å². The fourth-order valence-corrected chi connectivity index (χ4v) is 1.44. The summed E-state index contributed by atoms with van der Waals surface area (Å²) in [4.78, 5) is 27.1. The maximum Gasteiger partial charge on any atom is 0.243 e. The smallest absolute Gasteiger partial charge is 0.243 e. The number of hydrogen-bond acceptors (Lipinski definition) is 4. The fraction of sp³-hybridized carbons (Fsp3) is 0.462. The van der Waals surface area contributed by atoms with Crippen molar-refractivity contribution < 1.29 is 9.59 Å². The molecule has 1 aromatic heterocycles. The molecule has 0 saturated heterocycles. The van der Waals surface area contributed by atoms with Gasteiger partial charge in [0.1, 0.15) is 0 Å². The highest BCUT2D eigenvalue weighted by molar-refractivity contribution is 5.95. The summed E-state index contributed by atoms with van der Waals surface area (Å²) >= 11 is 0. The molecule has 4 N–H and O–H groups in total. The minimum absolute atomic E-state index is 0. The highest BCUT2D eigenvalue weighted by Gasteiger charge is 2.19. The molecule has 1 aromatic rings. The van der Waals surface area contributed by atoms with Crippen molar-refractivity contribution in [2.75, 3.05) is 11.9 Å². The molecule has 0 aliphatic carbocycles. The highest BCUT2D eigenvalue weighted by Crippen LogP contribution is 2.05. The molecule has 0 aromatic carbocycles. The van der Waals surface area contributed by atoms with E-state index < -0.39 is 6.04 Å². The number of aromatic nitrogens is 1. The second-order valence-electron chi connectivity index (χ2n) is 4.42. The Labute approximate surface area is 124 Å². The molecule has 0 aliphatic heterocycles. The molecule has 6 nitrogen and oxygen atoms in total. The highest BCUT2D eigenvalue weighted by atomic mass is 35.5. The van der Waals surface area contributed by atoms with Crippen molar-refractivity contribution in [3.8, 4) is 0 Å². The van der Waals surface area contributed by atoms with Crippen LogP contribution in [0.15, 0.2) is 24.5 Å². The molecular formula is C13H21ClN4O2. The lowest BCUT2D eigenvalue weighted by Gasteiger charge is -2.17. The van der Waals surface area contributed by atoms with E-state index in [4.69, 9.17) is 5.73 Å². The molecule has 0 radical (unpaired) electrons. The summed E-state index contributed by atoms with van der Waals surface area (Å²) in [5, 5.41) is 5.14. The van der Waals surface area contributed by atoms with Crippen LogP contribution in [0, 0.1) is 5.92 Å². The van der Waals surface area contributed by atoms with Gasteiger partial charge in [-0.05, 0) is 18.1 Å². The number of halogens is 1. The number of anilines is 1. The third-order valence-corrected chi connectivity index (χ3v) is 2.93. The third-order valence-electron chi connectivity index (χ3n) is 2.93. The summed E-state index contributed by atoms with van der Waals surface area (Å²) in [6.45, 7) is 3.77. The molecule has 2 atom stereocenters. The first-order valence-corrected chi connectivity index (χ1v) is 6.27. The van der Waals surface area contributed by atoms with Gasteiger partial charge in [-0.2, -0.15) is 0 Å². The first-order chi connectivity index (χ1) is 9.04. The van der Waals surface area contributed by atoms with E-state index in [1.807, 2.05) is 13.8 Å². The first-order valence-electron chi connectivity index (χ1n) is 6.27. The number of nitrogens with zero attached hydrogens (tertiary/aromatic N) is 1. The number of amides is 2. The van der Waals surface area contributed by atoms with Crippen molar-refractivity contribution in [2.45, 2.75) is 26.3 Å². The van der Waals surface area contributed by atoms with Gasteiger partial charge < -0.3 is 16.4 Å². The Morgan fingerprint density at radius 1 is 1.45 bits per heavy atom. The quantitative estimate of drug-likeness (QED) is 0.728. The Morgan fingerprint density at radius 2 is 2.15 bits per heavy atom. The summed E-state index contributed by atoms with van der Waals surface area (Å²) in [6, 6.07) is 2.85. The zero-order valence-corrected chi connectivity index (χ0v) is 12.4. The Hall–Kier alpha value is -1.66. The summed E-state index contributed by atoms with van der Waals surface area (Å²) in [6.07, 6.45) is 3.96. The number of pyridine rings is 1. The lowest BCUT2D eigenvalue weighted by molar-refractivity contribution is -0.125. The van der Waals surface area contributed by atoms with E-state index in [1.165, 1.54) is 6.20 Å². The van der Waals surface area contributed by atoms with Crippen LogP contribution in [0.2, 0.25) is 0 Å². The summed E-state index contributed by atoms with van der Waals surface area (Å²) in [5.74, 6) is -0.533. The minimum Gasteiger partial charge on any atom is -0.346 e. The monoisotopic (exact) mass is 300 g/mol. The second-order valence-corrected chi connectivity index (χ2v) is 4.42. The van der Waals surface area contributed by atoms with Gasteiger partial charge in [-0.3, -0.25) is 14.6 Å². The van der Waals surface area contributed by atoms with Gasteiger partial charge in [0.15, 0.2) is 0 Å². The van der Waals surface area contributed by atoms with E-state index in [0.29, 0.717) is 5.69 Å². The normalized spacial score (nSPS) is 12.8. The molecule has 1 rings (SSSR count). The fourth-order valence-electron chi connectivity index (χ4n) is 1.44. The van der Waals surface area contributed by atoms with Crippen molar-refractivity contribution in [3.05, 3.63) is 24.5 Å². The molecule has 0 saturated carbocycles. The van der Waals surface area contributed by atoms with E-state index >= 15 is 0 Å². The average Bonchev–Trinajstić information content (AvgIpc) is 2.44. The van der Waals surface area contributed by atoms with Crippen molar-refractivity contribution in [1.82, 2.24) is 10.3 Å². The molecule has 7 heteroatoms. The van der Waals surface area contributed by atoms with Crippen LogP contribution in [0.4, 0.5) is 5.69 Å². The largest absolute Gasteiger partial charge is 0.346 e. The Kier molecular flexibility index (Phi) is 8.51. The maximum absolute atomic E-state index is 11.7. The van der Waals surface area contributed by atoms with Crippen molar-refractivity contribution in [2.24, 2.45) is 11.7 Å². The molecule has 0 spiro atoms. The standard InChI is InChI=1S/C13H20N4O2.ClH/c1-3-9(2)12(14)13(19)16-8-11(18)17-10-5-4-6-15-7-10;/h4-7,9,12H,3,8,14H2,1-2H3,(H,16,19)(H,17,18);1H. The van der Waals surface area contributed by atoms with E-state index in [2.05, 4.69) is 15.6 Å². The van der Waals surface area contributed by atoms with E-state index in [1.54, 1.807) is 18.3 Å². The van der Waals surface area contributed by atoms with Gasteiger partial charge in [0.2, 0.25) is 11.8 Å². The second kappa shape index (κ2) is 9.28. The van der Waals surface area contributed by atoms with Gasteiger partial charge in [0.25, 0.3) is 0 Å². The Bertz CT molecular complexity index is 428. The van der Waals surface area contributed by atoms with Crippen LogP contribution in [0.5, 0.6) is 0 Å². The van der Waals surface area contributed by atoms with E-state index in [-0.39, 0.29) is 36.7 Å². The number of hydrogen-bond donors (Lipinski definition) is 3. The maximum atomic E-state index is 11.7. The zero-order valence-electron chi connectivity index (χ0n) is 11.6. The summed E-state index contributed by atoms with van der Waals surface area (Å²) < 4.78 is 0. The molecule has 2 amide bonds. The van der Waals surface area contributed by atoms with Crippen LogP contribution in [0.3, 0.4) is 0 Å². The molecule has 0 aliphatic rings. The molecular weight excluding hydrogens is 280 g/mol. The SMILES string of the molecule is CCC(C)C(N)C(=O)NCC(=O)Nc1cccnc1.Cl. The zero-order chi connectivity index (χ0) is 14.3. The summed E-state index contributed by atoms with van der Waals surface area (Å²) in [5.41, 5.74) is 6.35. The van der Waals surface area contributed by atoms with Crippen LogP contribution in [0.25, 0.3) is 0 Å². The van der Waals surface area contributed by atoms with Crippen LogP contribution in [-0.4, -0.2) is 29.4 Å². The lowest BCUT2D eigenvalue weighted by atomic mass is 9.99. The van der Waals surface area contributed by atoms with Crippen LogP contribution < -0.4 is 16.4 Å². The minimum atomic E-state index is -0.587. The van der Waals surface area contributed by atoms with E-state index in [9.17, 15) is 9.59 Å². The van der Waals surface area contributed by atoms with Crippen LogP contribution >= 0.6 is 12.4 Å². The number of nitrogens with two attached hydrogens (primary N) is 1. The first kappa shape index (κ1) is 18.3. The van der Waals surface area contributed by atoms with E-state index in [0.717, 1.165) is 6.42 Å². The molecule has 20 heavy (non-hydrogen) atoms. The predicted molar refractivity (Wildman–Crippen MR) is 80.6 cm³/mol. The van der Waals surface area contributed by atoms with Gasteiger partial charge in [-0.25, -0.2) is 0 Å². The van der Waals surface area contributed by atoms with Crippen LogP contribution in [-0.2, 0) is 9.59 Å². The molecule has 112 valence electrons. The van der Waals surface area contributed by atoms with Gasteiger partial charge in [-0.15, -0.1) is 12.4 Å². The predicted octanol–water partition coefficient (Wildman–Crippen LogP) is 0.932. The number of nitrogens with one attached hydrogen (secondary N) is 2. The van der Waals surface area contributed by atoms with Crippen molar-refractivity contribution in [3.63, 3.8) is 0 Å². The van der Waals surface area contributed by atoms with Gasteiger partial charge in [0.05, 0.1) is 24.5 Å².